The predicted molar refractivity (Wildman–Crippen MR) is 78.8 cm³/mol. The first-order chi connectivity index (χ1) is 9.97. The quantitative estimate of drug-likeness (QED) is 0.681. The maximum absolute atomic E-state index is 11.5. The lowest BCUT2D eigenvalue weighted by atomic mass is 10.0. The maximum Gasteiger partial charge on any atom is 0.320 e. The first-order valence-electron chi connectivity index (χ1n) is 7.00. The normalized spacial score (nSPS) is 17.8. The molecule has 1 aliphatic heterocycles. The van der Waals surface area contributed by atoms with Crippen LogP contribution in [0.2, 0.25) is 0 Å². The van der Waals surface area contributed by atoms with E-state index in [1.165, 1.54) is 7.11 Å². The Bertz CT molecular complexity index is 748. The third-order valence-corrected chi connectivity index (χ3v) is 4.32. The largest absolute Gasteiger partial charge is 0.490 e. The Labute approximate surface area is 122 Å². The maximum atomic E-state index is 11.5. The van der Waals surface area contributed by atoms with E-state index in [9.17, 15) is 15.2 Å². The zero-order valence-electron chi connectivity index (χ0n) is 12.3. The van der Waals surface area contributed by atoms with Gasteiger partial charge in [-0.1, -0.05) is 0 Å². The van der Waals surface area contributed by atoms with Gasteiger partial charge in [0.25, 0.3) is 0 Å². The number of nitrogens with zero attached hydrogens (tertiary/aromatic N) is 2. The number of benzene rings is 1. The number of nitro groups is 1. The van der Waals surface area contributed by atoms with Gasteiger partial charge in [-0.3, -0.25) is 10.1 Å². The highest BCUT2D eigenvalue weighted by Crippen LogP contribution is 2.44. The van der Waals surface area contributed by atoms with Crippen LogP contribution in [0.25, 0.3) is 10.9 Å². The second-order valence-electron chi connectivity index (χ2n) is 5.55. The van der Waals surface area contributed by atoms with Crippen LogP contribution < -0.4 is 4.74 Å². The molecular formula is C15H18N2O4. The van der Waals surface area contributed by atoms with Crippen molar-refractivity contribution in [1.29, 1.82) is 0 Å². The summed E-state index contributed by atoms with van der Waals surface area (Å²) in [6.07, 6.45) is 1.01. The molecule has 1 unspecified atom stereocenters. The molecule has 21 heavy (non-hydrogen) atoms. The smallest absolute Gasteiger partial charge is 0.320 e. The van der Waals surface area contributed by atoms with Crippen LogP contribution in [-0.2, 0) is 6.54 Å². The van der Waals surface area contributed by atoms with Gasteiger partial charge < -0.3 is 14.4 Å². The van der Waals surface area contributed by atoms with Crippen molar-refractivity contribution >= 4 is 16.6 Å². The summed E-state index contributed by atoms with van der Waals surface area (Å²) >= 11 is 0. The van der Waals surface area contributed by atoms with Gasteiger partial charge in [-0.2, -0.15) is 0 Å². The molecule has 6 heteroatoms. The Morgan fingerprint density at radius 3 is 2.81 bits per heavy atom. The van der Waals surface area contributed by atoms with Crippen LogP contribution in [0, 0.1) is 24.0 Å². The Hall–Kier alpha value is -2.08. The van der Waals surface area contributed by atoms with Crippen molar-refractivity contribution in [1.82, 2.24) is 4.57 Å². The second kappa shape index (κ2) is 4.73. The fraction of sp³-hybridized carbons (Fsp3) is 0.467. The molecular weight excluding hydrogens is 272 g/mol. The zero-order chi connectivity index (χ0) is 15.3. The van der Waals surface area contributed by atoms with Crippen LogP contribution in [0.4, 0.5) is 5.69 Å². The average molecular weight is 290 g/mol. The molecule has 0 aliphatic carbocycles. The Balaban J connectivity index is 2.49. The molecule has 112 valence electrons. The molecule has 1 N–H and O–H groups in total. The highest BCUT2D eigenvalue weighted by atomic mass is 16.6. The van der Waals surface area contributed by atoms with Gasteiger partial charge in [-0.05, 0) is 38.3 Å². The van der Waals surface area contributed by atoms with E-state index in [2.05, 4.69) is 0 Å². The number of nitro benzene ring substituents is 1. The summed E-state index contributed by atoms with van der Waals surface area (Å²) < 4.78 is 7.26. The first-order valence-corrected chi connectivity index (χ1v) is 7.00. The van der Waals surface area contributed by atoms with Crippen LogP contribution in [0.15, 0.2) is 6.07 Å². The van der Waals surface area contributed by atoms with Crippen molar-refractivity contribution in [2.75, 3.05) is 7.11 Å². The number of methoxy groups -OCH3 is 1. The minimum absolute atomic E-state index is 0.000833. The standard InChI is InChI=1S/C15H18N2O4/c1-8-7-10-12(14(17(19)20)15(8)21-3)9(2)13-11(18)5-4-6-16(10)13/h7,11,18H,4-6H2,1-3H3. The number of rotatable bonds is 2. The molecule has 0 amide bonds. The summed E-state index contributed by atoms with van der Waals surface area (Å²) in [7, 11) is 1.45. The van der Waals surface area contributed by atoms with E-state index in [0.29, 0.717) is 17.6 Å². The summed E-state index contributed by atoms with van der Waals surface area (Å²) in [6, 6.07) is 1.91. The molecule has 0 saturated heterocycles. The number of aryl methyl sites for hydroxylation is 3. The van der Waals surface area contributed by atoms with Crippen LogP contribution in [0.1, 0.15) is 35.8 Å². The minimum Gasteiger partial charge on any atom is -0.490 e. The van der Waals surface area contributed by atoms with E-state index < -0.39 is 6.10 Å². The van der Waals surface area contributed by atoms with Gasteiger partial charge in [0.1, 0.15) is 0 Å². The van der Waals surface area contributed by atoms with Crippen LogP contribution in [0.3, 0.4) is 0 Å². The van der Waals surface area contributed by atoms with E-state index in [1.807, 2.05) is 17.6 Å². The molecule has 3 rings (SSSR count). The fourth-order valence-electron chi connectivity index (χ4n) is 3.49. The van der Waals surface area contributed by atoms with E-state index in [-0.39, 0.29) is 10.6 Å². The molecule has 1 aliphatic rings. The monoisotopic (exact) mass is 290 g/mol. The molecule has 2 heterocycles. The fourth-order valence-corrected chi connectivity index (χ4v) is 3.49. The molecule has 6 nitrogen and oxygen atoms in total. The van der Waals surface area contributed by atoms with Gasteiger partial charge in [-0.15, -0.1) is 0 Å². The number of aliphatic hydroxyl groups excluding tert-OH is 1. The molecule has 0 saturated carbocycles. The van der Waals surface area contributed by atoms with Gasteiger partial charge >= 0.3 is 5.69 Å². The van der Waals surface area contributed by atoms with Crippen molar-refractivity contribution in [3.63, 3.8) is 0 Å². The summed E-state index contributed by atoms with van der Waals surface area (Å²) in [5.74, 6) is 0.299. The SMILES string of the molecule is COc1c(C)cc2c(c(C)c3n2CCCC3O)c1[N+](=O)[O-]. The summed E-state index contributed by atoms with van der Waals surface area (Å²) in [4.78, 5) is 11.2. The lowest BCUT2D eigenvalue weighted by Gasteiger charge is -2.22. The molecule has 1 atom stereocenters. The molecule has 0 bridgehead atoms. The third kappa shape index (κ3) is 1.82. The summed E-state index contributed by atoms with van der Waals surface area (Å²) in [5.41, 5.74) is 3.12. The van der Waals surface area contributed by atoms with Crippen molar-refractivity contribution in [3.05, 3.63) is 33.0 Å². The molecule has 1 aromatic carbocycles. The van der Waals surface area contributed by atoms with Gasteiger partial charge in [-0.25, -0.2) is 0 Å². The number of fused-ring (bicyclic) bond motifs is 3. The third-order valence-electron chi connectivity index (χ3n) is 4.32. The zero-order valence-corrected chi connectivity index (χ0v) is 12.3. The van der Waals surface area contributed by atoms with E-state index in [1.54, 1.807) is 6.92 Å². The number of aliphatic hydroxyl groups is 1. The molecule has 2 aromatic rings. The van der Waals surface area contributed by atoms with E-state index >= 15 is 0 Å². The highest BCUT2D eigenvalue weighted by molar-refractivity contribution is 5.97. The summed E-state index contributed by atoms with van der Waals surface area (Å²) in [6.45, 7) is 4.42. The highest BCUT2D eigenvalue weighted by Gasteiger charge is 2.31. The van der Waals surface area contributed by atoms with Gasteiger partial charge in [0, 0.05) is 12.1 Å². The average Bonchev–Trinajstić information content (AvgIpc) is 2.71. The van der Waals surface area contributed by atoms with Gasteiger partial charge in [0.15, 0.2) is 0 Å². The number of hydrogen-bond acceptors (Lipinski definition) is 4. The van der Waals surface area contributed by atoms with Crippen molar-refractivity contribution in [3.8, 4) is 5.75 Å². The van der Waals surface area contributed by atoms with Crippen LogP contribution >= 0.6 is 0 Å². The Morgan fingerprint density at radius 2 is 2.19 bits per heavy atom. The molecule has 1 aromatic heterocycles. The van der Waals surface area contributed by atoms with Crippen molar-refractivity contribution in [2.45, 2.75) is 39.3 Å². The van der Waals surface area contributed by atoms with Gasteiger partial charge in [0.2, 0.25) is 5.75 Å². The lowest BCUT2D eigenvalue weighted by Crippen LogP contribution is -2.15. The number of aromatic nitrogens is 1. The van der Waals surface area contributed by atoms with E-state index in [4.69, 9.17) is 4.74 Å². The number of hydrogen-bond donors (Lipinski definition) is 1. The summed E-state index contributed by atoms with van der Waals surface area (Å²) in [5, 5.41) is 22.4. The number of ether oxygens (including phenoxy) is 1. The minimum atomic E-state index is -0.558. The lowest BCUT2D eigenvalue weighted by molar-refractivity contribution is -0.384. The Kier molecular flexibility index (Phi) is 3.13. The van der Waals surface area contributed by atoms with Crippen LogP contribution in [-0.4, -0.2) is 21.7 Å². The Morgan fingerprint density at radius 1 is 1.48 bits per heavy atom. The molecule has 0 radical (unpaired) electrons. The van der Waals surface area contributed by atoms with Gasteiger partial charge in [0.05, 0.1) is 34.7 Å². The van der Waals surface area contributed by atoms with Crippen molar-refractivity contribution < 1.29 is 14.8 Å². The second-order valence-corrected chi connectivity index (χ2v) is 5.55. The van der Waals surface area contributed by atoms with Crippen LogP contribution in [0.5, 0.6) is 5.75 Å². The van der Waals surface area contributed by atoms with Crippen molar-refractivity contribution in [2.24, 2.45) is 0 Å². The molecule has 0 spiro atoms. The first kappa shape index (κ1) is 13.9. The molecule has 0 fully saturated rings. The predicted octanol–water partition coefficient (Wildman–Crippen LogP) is 3.00. The van der Waals surface area contributed by atoms with E-state index in [0.717, 1.165) is 35.3 Å². The topological polar surface area (TPSA) is 77.5 Å².